The van der Waals surface area contributed by atoms with Crippen molar-refractivity contribution < 1.29 is 17.9 Å². The van der Waals surface area contributed by atoms with Crippen LogP contribution in [0.3, 0.4) is 0 Å². The second kappa shape index (κ2) is 4.97. The van der Waals surface area contributed by atoms with Gasteiger partial charge < -0.3 is 10.1 Å². The van der Waals surface area contributed by atoms with E-state index in [-0.39, 0.29) is 17.7 Å². The Morgan fingerprint density at radius 3 is 2.72 bits per heavy atom. The molecule has 2 rings (SSSR count). The average molecular weight is 280 g/mol. The molecule has 0 heterocycles. The number of ether oxygens (including phenoxy) is 1. The number of hydrogen-bond acceptors (Lipinski definition) is 2. The van der Waals surface area contributed by atoms with E-state index in [0.717, 1.165) is 12.0 Å². The fourth-order valence-electron chi connectivity index (χ4n) is 1.96. The third-order valence-corrected chi connectivity index (χ3v) is 3.16. The Labute approximate surface area is 108 Å². The number of hydrogen-bond donors (Lipinski definition) is 1. The highest BCUT2D eigenvalue weighted by molar-refractivity contribution is 6.30. The Kier molecular flexibility index (Phi) is 3.73. The Morgan fingerprint density at radius 2 is 2.17 bits per heavy atom. The lowest BCUT2D eigenvalue weighted by Gasteiger charge is -2.13. The van der Waals surface area contributed by atoms with Gasteiger partial charge in [0.15, 0.2) is 6.61 Å². The van der Waals surface area contributed by atoms with Gasteiger partial charge in [-0.25, -0.2) is 0 Å². The molecule has 1 saturated carbocycles. The van der Waals surface area contributed by atoms with Crippen LogP contribution < -0.4 is 10.1 Å². The number of alkyl halides is 3. The molecule has 0 aromatic heterocycles. The second-order valence-electron chi connectivity index (χ2n) is 4.32. The van der Waals surface area contributed by atoms with Crippen molar-refractivity contribution in [1.82, 2.24) is 5.32 Å². The van der Waals surface area contributed by atoms with E-state index in [1.54, 1.807) is 6.07 Å². The number of benzene rings is 1. The van der Waals surface area contributed by atoms with E-state index in [4.69, 9.17) is 16.3 Å². The third-order valence-electron chi connectivity index (χ3n) is 2.92. The molecule has 2 atom stereocenters. The van der Waals surface area contributed by atoms with E-state index in [2.05, 4.69) is 5.32 Å². The SMILES string of the molecule is CNC1CC1c1cc(Cl)ccc1OCC(F)(F)F. The Bertz CT molecular complexity index is 436. The van der Waals surface area contributed by atoms with Crippen LogP contribution in [0.2, 0.25) is 5.02 Å². The molecule has 1 N–H and O–H groups in total. The van der Waals surface area contributed by atoms with Crippen molar-refractivity contribution in [3.8, 4) is 5.75 Å². The van der Waals surface area contributed by atoms with Crippen LogP contribution in [-0.2, 0) is 0 Å². The summed E-state index contributed by atoms with van der Waals surface area (Å²) < 4.78 is 41.3. The van der Waals surface area contributed by atoms with Crippen molar-refractivity contribution >= 4 is 11.6 Å². The van der Waals surface area contributed by atoms with Crippen molar-refractivity contribution in [2.45, 2.75) is 24.6 Å². The van der Waals surface area contributed by atoms with Crippen LogP contribution in [0.4, 0.5) is 13.2 Å². The molecule has 0 spiro atoms. The van der Waals surface area contributed by atoms with Crippen LogP contribution in [0.25, 0.3) is 0 Å². The van der Waals surface area contributed by atoms with Gasteiger partial charge in [-0.15, -0.1) is 0 Å². The molecule has 0 saturated heterocycles. The lowest BCUT2D eigenvalue weighted by atomic mass is 10.1. The molecule has 1 aromatic carbocycles. The number of nitrogens with one attached hydrogen (secondary N) is 1. The van der Waals surface area contributed by atoms with E-state index in [1.807, 2.05) is 7.05 Å². The molecule has 6 heteroatoms. The zero-order chi connectivity index (χ0) is 13.3. The van der Waals surface area contributed by atoms with Crippen LogP contribution in [0.5, 0.6) is 5.75 Å². The van der Waals surface area contributed by atoms with E-state index in [0.29, 0.717) is 5.02 Å². The molecule has 2 nitrogen and oxygen atoms in total. The largest absolute Gasteiger partial charge is 0.484 e. The number of halogens is 4. The maximum absolute atomic E-state index is 12.1. The second-order valence-corrected chi connectivity index (χ2v) is 4.76. The highest BCUT2D eigenvalue weighted by atomic mass is 35.5. The van der Waals surface area contributed by atoms with Gasteiger partial charge in [0.25, 0.3) is 0 Å². The molecule has 0 amide bonds. The molecule has 0 bridgehead atoms. The summed E-state index contributed by atoms with van der Waals surface area (Å²) in [5.74, 6) is 0.441. The maximum atomic E-state index is 12.1. The van der Waals surface area contributed by atoms with Gasteiger partial charge in [-0.3, -0.25) is 0 Å². The van der Waals surface area contributed by atoms with Crippen LogP contribution in [0.1, 0.15) is 17.9 Å². The van der Waals surface area contributed by atoms with Gasteiger partial charge in [-0.1, -0.05) is 11.6 Å². The van der Waals surface area contributed by atoms with Crippen molar-refractivity contribution in [1.29, 1.82) is 0 Å². The zero-order valence-corrected chi connectivity index (χ0v) is 10.5. The molecule has 1 aliphatic carbocycles. The molecule has 1 aromatic rings. The minimum atomic E-state index is -4.33. The highest BCUT2D eigenvalue weighted by Crippen LogP contribution is 2.45. The fraction of sp³-hybridized carbons (Fsp3) is 0.500. The molecular weight excluding hydrogens is 267 g/mol. The summed E-state index contributed by atoms with van der Waals surface area (Å²) in [7, 11) is 1.82. The lowest BCUT2D eigenvalue weighted by Crippen LogP contribution is -2.20. The lowest BCUT2D eigenvalue weighted by molar-refractivity contribution is -0.153. The standard InChI is InChI=1S/C12H13ClF3NO/c1-17-10-5-8(10)9-4-7(13)2-3-11(9)18-6-12(14,15)16/h2-4,8,10,17H,5-6H2,1H3. The molecular formula is C12H13ClF3NO. The topological polar surface area (TPSA) is 21.3 Å². The summed E-state index contributed by atoms with van der Waals surface area (Å²) in [5.41, 5.74) is 0.742. The van der Waals surface area contributed by atoms with E-state index in [9.17, 15) is 13.2 Å². The van der Waals surface area contributed by atoms with Crippen molar-refractivity contribution in [3.05, 3.63) is 28.8 Å². The first-order chi connectivity index (χ1) is 8.40. The molecule has 0 aliphatic heterocycles. The molecule has 2 unspecified atom stereocenters. The molecule has 0 radical (unpaired) electrons. The van der Waals surface area contributed by atoms with Gasteiger partial charge in [-0.2, -0.15) is 13.2 Å². The van der Waals surface area contributed by atoms with Crippen LogP contribution >= 0.6 is 11.6 Å². The van der Waals surface area contributed by atoms with E-state index in [1.165, 1.54) is 12.1 Å². The van der Waals surface area contributed by atoms with Crippen molar-refractivity contribution in [3.63, 3.8) is 0 Å². The predicted octanol–water partition coefficient (Wildman–Crippen LogP) is 3.36. The first-order valence-electron chi connectivity index (χ1n) is 5.57. The summed E-state index contributed by atoms with van der Waals surface area (Å²) in [6.07, 6.45) is -3.44. The van der Waals surface area contributed by atoms with E-state index >= 15 is 0 Å². The first kappa shape index (κ1) is 13.5. The van der Waals surface area contributed by atoms with Gasteiger partial charge in [0.1, 0.15) is 5.75 Å². The van der Waals surface area contributed by atoms with Gasteiger partial charge in [0.05, 0.1) is 0 Å². The Morgan fingerprint density at radius 1 is 1.44 bits per heavy atom. The molecule has 1 aliphatic rings. The summed E-state index contributed by atoms with van der Waals surface area (Å²) in [6, 6.07) is 4.99. The maximum Gasteiger partial charge on any atom is 0.422 e. The zero-order valence-electron chi connectivity index (χ0n) is 9.72. The summed E-state index contributed by atoms with van der Waals surface area (Å²) in [6.45, 7) is -1.28. The normalized spacial score (nSPS) is 22.9. The van der Waals surface area contributed by atoms with Gasteiger partial charge in [0.2, 0.25) is 0 Å². The van der Waals surface area contributed by atoms with Gasteiger partial charge in [-0.05, 0) is 31.7 Å². The predicted molar refractivity (Wildman–Crippen MR) is 63.2 cm³/mol. The Hall–Kier alpha value is -0.940. The Balaban J connectivity index is 2.14. The number of likely N-dealkylation sites (N-methyl/N-ethyl adjacent to an activating group) is 1. The monoisotopic (exact) mass is 279 g/mol. The minimum absolute atomic E-state index is 0.178. The molecule has 100 valence electrons. The number of rotatable bonds is 4. The average Bonchev–Trinajstić information content (AvgIpc) is 3.05. The van der Waals surface area contributed by atoms with Crippen molar-refractivity contribution in [2.24, 2.45) is 0 Å². The summed E-state index contributed by atoms with van der Waals surface area (Å²) >= 11 is 5.87. The van der Waals surface area contributed by atoms with Crippen LogP contribution in [0, 0.1) is 0 Å². The molecule has 18 heavy (non-hydrogen) atoms. The quantitative estimate of drug-likeness (QED) is 0.912. The van der Waals surface area contributed by atoms with Gasteiger partial charge >= 0.3 is 6.18 Å². The molecule has 1 fully saturated rings. The van der Waals surface area contributed by atoms with Crippen molar-refractivity contribution in [2.75, 3.05) is 13.7 Å². The highest BCUT2D eigenvalue weighted by Gasteiger charge is 2.39. The van der Waals surface area contributed by atoms with Crippen LogP contribution in [-0.4, -0.2) is 25.9 Å². The summed E-state index contributed by atoms with van der Waals surface area (Å²) in [5, 5.41) is 3.59. The first-order valence-corrected chi connectivity index (χ1v) is 5.95. The van der Waals surface area contributed by atoms with E-state index < -0.39 is 12.8 Å². The van der Waals surface area contributed by atoms with Crippen LogP contribution in [0.15, 0.2) is 18.2 Å². The smallest absolute Gasteiger partial charge is 0.422 e. The third kappa shape index (κ3) is 3.29. The minimum Gasteiger partial charge on any atom is -0.484 e. The van der Waals surface area contributed by atoms with Gasteiger partial charge in [0, 0.05) is 22.5 Å². The summed E-state index contributed by atoms with van der Waals surface area (Å²) in [4.78, 5) is 0. The fourth-order valence-corrected chi connectivity index (χ4v) is 2.14.